The van der Waals surface area contributed by atoms with Gasteiger partial charge in [-0.05, 0) is 35.4 Å². The van der Waals surface area contributed by atoms with Gasteiger partial charge in [-0.25, -0.2) is 8.78 Å². The van der Waals surface area contributed by atoms with Crippen molar-refractivity contribution in [3.63, 3.8) is 0 Å². The lowest BCUT2D eigenvalue weighted by Crippen LogP contribution is -2.36. The molecule has 0 heterocycles. The lowest BCUT2D eigenvalue weighted by Gasteiger charge is -2.25. The summed E-state index contributed by atoms with van der Waals surface area (Å²) in [7, 11) is 0. The smallest absolute Gasteiger partial charge is 0.244 e. The molecule has 0 radical (unpaired) electrons. The Bertz CT molecular complexity index is 706. The number of hydrogen-bond acceptors (Lipinski definition) is 1. The Hall–Kier alpha value is -2.49. The fourth-order valence-electron chi connectivity index (χ4n) is 2.22. The van der Waals surface area contributed by atoms with E-state index in [4.69, 9.17) is 0 Å². The van der Waals surface area contributed by atoms with Crippen LogP contribution in [0.5, 0.6) is 0 Å². The predicted octanol–water partition coefficient (Wildman–Crippen LogP) is 4.07. The van der Waals surface area contributed by atoms with Gasteiger partial charge in [0.1, 0.15) is 11.6 Å². The molecule has 0 saturated heterocycles. The summed E-state index contributed by atoms with van der Waals surface area (Å²) in [5, 5.41) is 2.76. The Labute approximate surface area is 134 Å². The van der Waals surface area contributed by atoms with Crippen molar-refractivity contribution in [2.24, 2.45) is 0 Å². The summed E-state index contributed by atoms with van der Waals surface area (Å²) in [6.45, 7) is 4.05. The van der Waals surface area contributed by atoms with Crippen LogP contribution in [0.3, 0.4) is 0 Å². The van der Waals surface area contributed by atoms with Gasteiger partial charge in [0.05, 0.1) is 0 Å². The Morgan fingerprint density at radius 2 is 1.74 bits per heavy atom. The average Bonchev–Trinajstić information content (AvgIpc) is 2.53. The molecule has 0 fully saturated rings. The van der Waals surface area contributed by atoms with Gasteiger partial charge in [-0.2, -0.15) is 0 Å². The van der Waals surface area contributed by atoms with E-state index in [9.17, 15) is 13.6 Å². The summed E-state index contributed by atoms with van der Waals surface area (Å²) in [5.74, 6) is -0.884. The molecule has 0 aliphatic carbocycles. The zero-order valence-corrected chi connectivity index (χ0v) is 13.1. The van der Waals surface area contributed by atoms with Gasteiger partial charge in [-0.15, -0.1) is 0 Å². The molecule has 120 valence electrons. The fourth-order valence-corrected chi connectivity index (χ4v) is 2.22. The molecule has 4 heteroatoms. The van der Waals surface area contributed by atoms with Crippen LogP contribution in [0.25, 0.3) is 6.08 Å². The Kier molecular flexibility index (Phi) is 5.27. The second-order valence-electron chi connectivity index (χ2n) is 5.97. The van der Waals surface area contributed by atoms with Crippen molar-refractivity contribution < 1.29 is 13.6 Å². The summed E-state index contributed by atoms with van der Waals surface area (Å²) in [4.78, 5) is 11.9. The molecular weight excluding hydrogens is 296 g/mol. The van der Waals surface area contributed by atoms with Gasteiger partial charge in [0, 0.05) is 18.0 Å². The highest BCUT2D eigenvalue weighted by molar-refractivity contribution is 5.91. The van der Waals surface area contributed by atoms with Crippen LogP contribution >= 0.6 is 0 Å². The third kappa shape index (κ3) is 4.74. The number of amides is 1. The Morgan fingerprint density at radius 3 is 2.39 bits per heavy atom. The summed E-state index contributed by atoms with van der Waals surface area (Å²) < 4.78 is 26.7. The van der Waals surface area contributed by atoms with Crippen molar-refractivity contribution in [3.05, 3.63) is 77.4 Å². The number of benzene rings is 2. The number of carbonyl (C=O) groups is 1. The van der Waals surface area contributed by atoms with Gasteiger partial charge >= 0.3 is 0 Å². The Morgan fingerprint density at radius 1 is 1.09 bits per heavy atom. The molecule has 0 bridgehead atoms. The highest BCUT2D eigenvalue weighted by atomic mass is 19.1. The summed E-state index contributed by atoms with van der Waals surface area (Å²) in [6.07, 6.45) is 2.98. The molecule has 0 aliphatic heterocycles. The second-order valence-corrected chi connectivity index (χ2v) is 5.97. The van der Waals surface area contributed by atoms with E-state index in [1.807, 2.05) is 13.8 Å². The van der Waals surface area contributed by atoms with Crippen LogP contribution in [0.15, 0.2) is 54.6 Å². The first kappa shape index (κ1) is 16.9. The molecule has 0 unspecified atom stereocenters. The minimum absolute atomic E-state index is 0.279. The summed E-state index contributed by atoms with van der Waals surface area (Å²) in [5.41, 5.74) is 0.766. The van der Waals surface area contributed by atoms with Gasteiger partial charge in [0.2, 0.25) is 5.91 Å². The van der Waals surface area contributed by atoms with E-state index in [0.717, 1.165) is 5.56 Å². The van der Waals surface area contributed by atoms with E-state index < -0.39 is 5.41 Å². The zero-order valence-electron chi connectivity index (χ0n) is 13.1. The first-order chi connectivity index (χ1) is 10.9. The molecule has 2 aromatic rings. The van der Waals surface area contributed by atoms with Crippen LogP contribution in [-0.4, -0.2) is 12.5 Å². The van der Waals surface area contributed by atoms with E-state index in [-0.39, 0.29) is 17.5 Å². The maximum atomic E-state index is 13.9. The van der Waals surface area contributed by atoms with E-state index in [1.54, 1.807) is 36.4 Å². The topological polar surface area (TPSA) is 29.1 Å². The molecule has 2 aromatic carbocycles. The first-order valence-corrected chi connectivity index (χ1v) is 7.35. The van der Waals surface area contributed by atoms with Crippen molar-refractivity contribution in [1.82, 2.24) is 5.32 Å². The molecule has 2 nitrogen and oxygen atoms in total. The van der Waals surface area contributed by atoms with Crippen LogP contribution < -0.4 is 5.32 Å². The van der Waals surface area contributed by atoms with E-state index in [1.165, 1.54) is 24.3 Å². The maximum absolute atomic E-state index is 13.9. The standard InChI is InChI=1S/C19H19F2NO/c1-19(2,16-5-3-4-6-17(16)21)13-22-18(23)12-9-14-7-10-15(20)11-8-14/h3-12H,13H2,1-2H3,(H,22,23)/b12-9+. The minimum Gasteiger partial charge on any atom is -0.352 e. The van der Waals surface area contributed by atoms with Crippen molar-refractivity contribution in [3.8, 4) is 0 Å². The largest absolute Gasteiger partial charge is 0.352 e. The second kappa shape index (κ2) is 7.18. The lowest BCUT2D eigenvalue weighted by atomic mass is 9.84. The molecule has 2 rings (SSSR count). The average molecular weight is 315 g/mol. The van der Waals surface area contributed by atoms with Gasteiger partial charge in [-0.3, -0.25) is 4.79 Å². The number of halogens is 2. The predicted molar refractivity (Wildman–Crippen MR) is 87.9 cm³/mol. The van der Waals surface area contributed by atoms with Gasteiger partial charge in [-0.1, -0.05) is 44.2 Å². The summed E-state index contributed by atoms with van der Waals surface area (Å²) >= 11 is 0. The van der Waals surface area contributed by atoms with Crippen LogP contribution in [0.4, 0.5) is 8.78 Å². The van der Waals surface area contributed by atoms with E-state index in [2.05, 4.69) is 5.32 Å². The molecule has 0 aliphatic rings. The number of hydrogen-bond donors (Lipinski definition) is 1. The SMILES string of the molecule is CC(C)(CNC(=O)/C=C/c1ccc(F)cc1)c1ccccc1F. The molecular formula is C19H19F2NO. The molecule has 1 amide bonds. The molecule has 0 aromatic heterocycles. The number of nitrogens with one attached hydrogen (secondary N) is 1. The van der Waals surface area contributed by atoms with Gasteiger partial charge in [0.25, 0.3) is 0 Å². The number of carbonyl (C=O) groups excluding carboxylic acids is 1. The van der Waals surface area contributed by atoms with Crippen molar-refractivity contribution in [2.75, 3.05) is 6.54 Å². The van der Waals surface area contributed by atoms with Crippen LogP contribution in [0, 0.1) is 11.6 Å². The van der Waals surface area contributed by atoms with Crippen molar-refractivity contribution in [1.29, 1.82) is 0 Å². The summed E-state index contributed by atoms with van der Waals surface area (Å²) in [6, 6.07) is 12.4. The third-order valence-electron chi connectivity index (χ3n) is 3.60. The maximum Gasteiger partial charge on any atom is 0.244 e. The minimum atomic E-state index is -0.523. The molecule has 0 atom stereocenters. The lowest BCUT2D eigenvalue weighted by molar-refractivity contribution is -0.116. The van der Waals surface area contributed by atoms with E-state index in [0.29, 0.717) is 12.1 Å². The Balaban J connectivity index is 1.96. The van der Waals surface area contributed by atoms with Gasteiger partial charge in [0.15, 0.2) is 0 Å². The normalized spacial score (nSPS) is 11.7. The van der Waals surface area contributed by atoms with Crippen LogP contribution in [0.2, 0.25) is 0 Å². The van der Waals surface area contributed by atoms with Crippen molar-refractivity contribution in [2.45, 2.75) is 19.3 Å². The first-order valence-electron chi connectivity index (χ1n) is 7.35. The third-order valence-corrected chi connectivity index (χ3v) is 3.60. The van der Waals surface area contributed by atoms with Gasteiger partial charge < -0.3 is 5.32 Å². The molecule has 0 saturated carbocycles. The van der Waals surface area contributed by atoms with E-state index >= 15 is 0 Å². The fraction of sp³-hybridized carbons (Fsp3) is 0.211. The molecule has 1 N–H and O–H groups in total. The van der Waals surface area contributed by atoms with Crippen molar-refractivity contribution >= 4 is 12.0 Å². The highest BCUT2D eigenvalue weighted by Gasteiger charge is 2.24. The van der Waals surface area contributed by atoms with Crippen LogP contribution in [0.1, 0.15) is 25.0 Å². The molecule has 0 spiro atoms. The zero-order chi connectivity index (χ0) is 16.9. The monoisotopic (exact) mass is 315 g/mol. The number of rotatable bonds is 5. The molecule has 23 heavy (non-hydrogen) atoms. The van der Waals surface area contributed by atoms with Crippen LogP contribution in [-0.2, 0) is 10.2 Å². The highest BCUT2D eigenvalue weighted by Crippen LogP contribution is 2.24. The quantitative estimate of drug-likeness (QED) is 0.828.